The Morgan fingerprint density at radius 3 is 0.681 bits per heavy atom. The molecule has 0 bridgehead atoms. The van der Waals surface area contributed by atoms with E-state index in [9.17, 15) is 0 Å². The highest BCUT2D eigenvalue weighted by atomic mass is 14.3. The van der Waals surface area contributed by atoms with Gasteiger partial charge in [0.2, 0.25) is 0 Å². The summed E-state index contributed by atoms with van der Waals surface area (Å²) < 4.78 is 0. The van der Waals surface area contributed by atoms with E-state index in [1.807, 2.05) is 0 Å². The van der Waals surface area contributed by atoms with Crippen LogP contribution in [0.2, 0.25) is 0 Å². The second-order valence-electron chi connectivity index (χ2n) is 21.7. The molecule has 0 spiro atoms. The zero-order chi connectivity index (χ0) is 49.1. The Bertz CT molecular complexity index is 3530. The van der Waals surface area contributed by atoms with Gasteiger partial charge < -0.3 is 0 Å². The van der Waals surface area contributed by atoms with Crippen LogP contribution in [0.25, 0.3) is 121 Å². The summed E-state index contributed by atoms with van der Waals surface area (Å²) in [6.45, 7) is 13.8. The van der Waals surface area contributed by atoms with Gasteiger partial charge in [-0.2, -0.15) is 0 Å². The average Bonchev–Trinajstić information content (AvgIpc) is 3.42. The Labute approximate surface area is 425 Å². The first-order chi connectivity index (χ1) is 34.9. The number of hydrogen-bond acceptors (Lipinski definition) is 0. The highest BCUT2D eigenvalue weighted by Crippen LogP contribution is 2.50. The molecule has 0 aliphatic rings. The molecule has 0 radical (unpaired) electrons. The smallest absolute Gasteiger partial charge is 0.00139 e. The first kappa shape index (κ1) is 44.9. The van der Waals surface area contributed by atoms with Crippen molar-refractivity contribution >= 4 is 32.3 Å². The van der Waals surface area contributed by atoms with E-state index in [4.69, 9.17) is 0 Å². The van der Waals surface area contributed by atoms with Crippen molar-refractivity contribution in [3.63, 3.8) is 0 Å². The third-order valence-electron chi connectivity index (χ3n) is 14.9. The quantitative estimate of drug-likeness (QED) is 0.133. The summed E-state index contributed by atoms with van der Waals surface area (Å²) in [5.74, 6) is 0. The lowest BCUT2D eigenvalue weighted by Gasteiger charge is -2.23. The zero-order valence-corrected chi connectivity index (χ0v) is 42.1. The third kappa shape index (κ3) is 8.27. The van der Waals surface area contributed by atoms with Gasteiger partial charge in [0.25, 0.3) is 0 Å². The normalized spacial score (nSPS) is 12.0. The molecule has 0 fully saturated rings. The van der Waals surface area contributed by atoms with E-state index in [1.54, 1.807) is 0 Å². The average molecular weight is 923 g/mol. The van der Waals surface area contributed by atoms with Gasteiger partial charge in [0, 0.05) is 0 Å². The predicted octanol–water partition coefficient (Wildman–Crippen LogP) is 20.5. The van der Waals surface area contributed by atoms with Crippen molar-refractivity contribution in [3.8, 4) is 89.0 Å². The summed E-state index contributed by atoms with van der Waals surface area (Å²) in [7, 11) is 0. The van der Waals surface area contributed by atoms with E-state index in [0.29, 0.717) is 0 Å². The molecule has 0 saturated heterocycles. The van der Waals surface area contributed by atoms with Crippen molar-refractivity contribution in [1.82, 2.24) is 0 Å². The standard InChI is InChI=1S/C72H58/c1-71(2,3)59-31-27-51(28-32-59)65-45-67(57-41-53(47-19-11-7-12-20-47)39-54(42-57)48-21-13-8-14-22-48)63-38-36-62-66(52-29-33-60(34-30-52)72(4,5)6)46-68(64-37-35-61(65)69(63)70(62)64)58-43-55(49-23-15-9-16-24-49)40-56(44-58)50-25-17-10-18-26-50/h7-46H,1-6H3. The van der Waals surface area contributed by atoms with Gasteiger partial charge in [-0.1, -0.05) is 236 Å². The second-order valence-corrected chi connectivity index (χ2v) is 21.7. The number of hydrogen-bond donors (Lipinski definition) is 0. The molecule has 0 saturated carbocycles. The number of benzene rings is 12. The van der Waals surface area contributed by atoms with Crippen molar-refractivity contribution in [1.29, 1.82) is 0 Å². The molecule has 0 aliphatic heterocycles. The van der Waals surface area contributed by atoms with Crippen molar-refractivity contribution < 1.29 is 0 Å². The molecular formula is C72H58. The molecule has 0 aromatic heterocycles. The summed E-state index contributed by atoms with van der Waals surface area (Å²) in [5, 5.41) is 7.59. The predicted molar refractivity (Wildman–Crippen MR) is 311 cm³/mol. The molecule has 12 rings (SSSR count). The molecule has 0 nitrogen and oxygen atoms in total. The summed E-state index contributed by atoms with van der Waals surface area (Å²) >= 11 is 0. The fourth-order valence-electron chi connectivity index (χ4n) is 11.0. The van der Waals surface area contributed by atoms with E-state index >= 15 is 0 Å². The fourth-order valence-corrected chi connectivity index (χ4v) is 11.0. The Morgan fingerprint density at radius 1 is 0.194 bits per heavy atom. The number of rotatable bonds is 8. The molecule has 0 atom stereocenters. The highest BCUT2D eigenvalue weighted by molar-refractivity contribution is 6.32. The SMILES string of the molecule is CC(C)(C)c1ccc(-c2cc(-c3cc(-c4ccccc4)cc(-c4ccccc4)c3)c3ccc4c(-c5ccc(C(C)(C)C)cc5)cc(-c5cc(-c6ccccc6)cc(-c6ccccc6)c5)c5ccc2c3c45)cc1. The third-order valence-corrected chi connectivity index (χ3v) is 14.9. The molecule has 0 aliphatic carbocycles. The lowest BCUT2D eigenvalue weighted by Crippen LogP contribution is -2.10. The van der Waals surface area contributed by atoms with Gasteiger partial charge >= 0.3 is 0 Å². The minimum atomic E-state index is 0.0359. The van der Waals surface area contributed by atoms with E-state index in [1.165, 1.54) is 132 Å². The van der Waals surface area contributed by atoms with Crippen LogP contribution in [0.1, 0.15) is 52.7 Å². The van der Waals surface area contributed by atoms with Crippen molar-refractivity contribution in [3.05, 3.63) is 254 Å². The molecule has 0 amide bonds. The van der Waals surface area contributed by atoms with Crippen LogP contribution in [0.5, 0.6) is 0 Å². The lowest BCUT2D eigenvalue weighted by atomic mass is 9.80. The van der Waals surface area contributed by atoms with E-state index in [0.717, 1.165) is 0 Å². The van der Waals surface area contributed by atoms with E-state index in [-0.39, 0.29) is 10.8 Å². The van der Waals surface area contributed by atoms with Crippen LogP contribution < -0.4 is 0 Å². The van der Waals surface area contributed by atoms with Gasteiger partial charge in [0.15, 0.2) is 0 Å². The van der Waals surface area contributed by atoms with Crippen molar-refractivity contribution in [2.45, 2.75) is 52.4 Å². The molecule has 12 aromatic carbocycles. The van der Waals surface area contributed by atoms with Crippen LogP contribution in [-0.4, -0.2) is 0 Å². The minimum Gasteiger partial charge on any atom is -0.0622 e. The summed E-state index contributed by atoms with van der Waals surface area (Å²) in [6.07, 6.45) is 0. The second kappa shape index (κ2) is 17.8. The van der Waals surface area contributed by atoms with Gasteiger partial charge in [-0.05, 0) is 192 Å². The first-order valence-corrected chi connectivity index (χ1v) is 25.5. The molecule has 0 N–H and O–H groups in total. The topological polar surface area (TPSA) is 0 Å². The van der Waals surface area contributed by atoms with E-state index in [2.05, 4.69) is 284 Å². The van der Waals surface area contributed by atoms with Crippen LogP contribution in [0.4, 0.5) is 0 Å². The molecule has 0 heteroatoms. The summed E-state index contributed by atoms with van der Waals surface area (Å²) in [4.78, 5) is 0. The Morgan fingerprint density at radius 2 is 0.431 bits per heavy atom. The largest absolute Gasteiger partial charge is 0.0622 e. The van der Waals surface area contributed by atoms with Crippen molar-refractivity contribution in [2.75, 3.05) is 0 Å². The molecule has 12 aromatic rings. The van der Waals surface area contributed by atoms with Gasteiger partial charge in [0.05, 0.1) is 0 Å². The van der Waals surface area contributed by atoms with Crippen LogP contribution >= 0.6 is 0 Å². The summed E-state index contributed by atoms with van der Waals surface area (Å²) in [5.41, 5.74) is 22.1. The molecule has 0 unspecified atom stereocenters. The molecular weight excluding hydrogens is 865 g/mol. The van der Waals surface area contributed by atoms with Gasteiger partial charge in [0.1, 0.15) is 0 Å². The highest BCUT2D eigenvalue weighted by Gasteiger charge is 2.24. The first-order valence-electron chi connectivity index (χ1n) is 25.5. The van der Waals surface area contributed by atoms with Crippen LogP contribution in [0, 0.1) is 0 Å². The molecule has 0 heterocycles. The van der Waals surface area contributed by atoms with Crippen LogP contribution in [0.3, 0.4) is 0 Å². The maximum atomic E-state index is 2.48. The van der Waals surface area contributed by atoms with Gasteiger partial charge in [-0.15, -0.1) is 0 Å². The van der Waals surface area contributed by atoms with Crippen LogP contribution in [0.15, 0.2) is 243 Å². The zero-order valence-electron chi connectivity index (χ0n) is 42.1. The Kier molecular flexibility index (Phi) is 11.1. The monoisotopic (exact) mass is 922 g/mol. The lowest BCUT2D eigenvalue weighted by molar-refractivity contribution is 0.590. The summed E-state index contributed by atoms with van der Waals surface area (Å²) in [6, 6.07) is 91.1. The van der Waals surface area contributed by atoms with Crippen LogP contribution in [-0.2, 0) is 10.8 Å². The van der Waals surface area contributed by atoms with Gasteiger partial charge in [-0.3, -0.25) is 0 Å². The molecule has 346 valence electrons. The van der Waals surface area contributed by atoms with E-state index < -0.39 is 0 Å². The minimum absolute atomic E-state index is 0.0359. The maximum absolute atomic E-state index is 2.48. The fraction of sp³-hybridized carbons (Fsp3) is 0.111. The Hall–Kier alpha value is -8.32. The van der Waals surface area contributed by atoms with Crippen molar-refractivity contribution in [2.24, 2.45) is 0 Å². The maximum Gasteiger partial charge on any atom is -0.00139 e. The molecule has 72 heavy (non-hydrogen) atoms. The van der Waals surface area contributed by atoms with Gasteiger partial charge in [-0.25, -0.2) is 0 Å². The Balaban J connectivity index is 1.21.